The van der Waals surface area contributed by atoms with Crippen molar-refractivity contribution in [2.24, 2.45) is 0 Å². The van der Waals surface area contributed by atoms with E-state index in [1.807, 2.05) is 18.4 Å². The average Bonchev–Trinajstić information content (AvgIpc) is 2.71. The summed E-state index contributed by atoms with van der Waals surface area (Å²) in [6.45, 7) is 1.67. The minimum absolute atomic E-state index is 0.0527. The summed E-state index contributed by atoms with van der Waals surface area (Å²) in [6, 6.07) is 11.4. The molecule has 2 aromatic carbocycles. The number of phenols is 2. The van der Waals surface area contributed by atoms with E-state index in [4.69, 9.17) is 4.18 Å². The first kappa shape index (κ1) is 15.1. The molecule has 1 heterocycles. The highest BCUT2D eigenvalue weighted by Gasteiger charge is 2.22. The van der Waals surface area contributed by atoms with Crippen LogP contribution in [0.4, 0.5) is 0 Å². The van der Waals surface area contributed by atoms with Crippen LogP contribution in [0.3, 0.4) is 0 Å². The van der Waals surface area contributed by atoms with Crippen LogP contribution in [0.2, 0.25) is 0 Å². The van der Waals surface area contributed by atoms with Crippen LogP contribution in [-0.4, -0.2) is 29.6 Å². The third-order valence-electron chi connectivity index (χ3n) is 3.99. The van der Waals surface area contributed by atoms with Crippen molar-refractivity contribution in [2.45, 2.75) is 12.3 Å². The Balaban J connectivity index is 1.98. The maximum atomic E-state index is 9.85. The fourth-order valence-corrected chi connectivity index (χ4v) is 3.21. The minimum atomic E-state index is -0.0620. The van der Waals surface area contributed by atoms with Gasteiger partial charge in [-0.2, -0.15) is 0 Å². The van der Waals surface area contributed by atoms with Crippen LogP contribution in [0.1, 0.15) is 22.6 Å². The Morgan fingerprint density at radius 3 is 2.59 bits per heavy atom. The summed E-state index contributed by atoms with van der Waals surface area (Å²) in [7, 11) is 0. The van der Waals surface area contributed by atoms with Crippen LogP contribution >= 0.6 is 12.0 Å². The van der Waals surface area contributed by atoms with Gasteiger partial charge in [0.1, 0.15) is 5.75 Å². The van der Waals surface area contributed by atoms with Gasteiger partial charge in [-0.05, 0) is 53.9 Å². The second-order valence-electron chi connectivity index (χ2n) is 5.37. The molecule has 0 saturated heterocycles. The summed E-state index contributed by atoms with van der Waals surface area (Å²) >= 11 is 1.32. The van der Waals surface area contributed by atoms with Crippen molar-refractivity contribution < 1.29 is 14.4 Å². The number of rotatable bonds is 3. The molecular weight excluding hydrogens is 298 g/mol. The van der Waals surface area contributed by atoms with E-state index in [0.717, 1.165) is 42.0 Å². The molecule has 0 amide bonds. The summed E-state index contributed by atoms with van der Waals surface area (Å²) in [6.07, 6.45) is 2.72. The molecule has 0 saturated carbocycles. The Morgan fingerprint density at radius 1 is 1.14 bits per heavy atom. The quantitative estimate of drug-likeness (QED) is 0.600. The molecule has 0 fully saturated rings. The number of aromatic hydroxyl groups is 2. The second kappa shape index (κ2) is 6.50. The van der Waals surface area contributed by atoms with Gasteiger partial charge in [-0.15, -0.1) is 0 Å². The monoisotopic (exact) mass is 317 g/mol. The lowest BCUT2D eigenvalue weighted by Gasteiger charge is -2.19. The molecule has 0 spiro atoms. The van der Waals surface area contributed by atoms with E-state index in [2.05, 4.69) is 17.4 Å². The molecule has 0 aliphatic carbocycles. The van der Waals surface area contributed by atoms with Gasteiger partial charge in [0, 0.05) is 18.7 Å². The molecule has 116 valence electrons. The topological polar surface area (TPSA) is 61.7 Å². The highest BCUT2D eigenvalue weighted by atomic mass is 32.2. The number of fused-ring (bicyclic) bond motifs is 1. The van der Waals surface area contributed by atoms with E-state index in [0.29, 0.717) is 0 Å². The Hall–Kier alpha value is -1.85. The van der Waals surface area contributed by atoms with Gasteiger partial charge in [0.05, 0.1) is 12.0 Å². The minimum Gasteiger partial charge on any atom is -0.504 e. The Morgan fingerprint density at radius 2 is 1.86 bits per heavy atom. The zero-order chi connectivity index (χ0) is 15.5. The molecule has 0 aromatic heterocycles. The first-order valence-corrected chi connectivity index (χ1v) is 8.40. The number of benzene rings is 2. The molecule has 1 atom stereocenters. The number of nitrogens with one attached hydrogen (secondary N) is 1. The van der Waals surface area contributed by atoms with Crippen molar-refractivity contribution in [3.8, 4) is 17.2 Å². The van der Waals surface area contributed by atoms with E-state index in [1.54, 1.807) is 12.1 Å². The van der Waals surface area contributed by atoms with Gasteiger partial charge in [-0.1, -0.05) is 12.1 Å². The SMILES string of the molecule is CSOc1ccc(C2CNCCc3cc(O)c(O)cc32)cc1. The van der Waals surface area contributed by atoms with Crippen LogP contribution in [0.5, 0.6) is 17.2 Å². The zero-order valence-corrected chi connectivity index (χ0v) is 13.2. The predicted octanol–water partition coefficient (Wildman–Crippen LogP) is 3.03. The lowest BCUT2D eigenvalue weighted by atomic mass is 9.88. The molecule has 22 heavy (non-hydrogen) atoms. The van der Waals surface area contributed by atoms with Gasteiger partial charge < -0.3 is 19.7 Å². The Labute approximate surface area is 134 Å². The van der Waals surface area contributed by atoms with E-state index >= 15 is 0 Å². The van der Waals surface area contributed by atoms with Crippen molar-refractivity contribution >= 4 is 12.0 Å². The van der Waals surface area contributed by atoms with E-state index in [-0.39, 0.29) is 17.4 Å². The van der Waals surface area contributed by atoms with Crippen molar-refractivity contribution in [2.75, 3.05) is 19.3 Å². The molecule has 0 radical (unpaired) electrons. The fraction of sp³-hybridized carbons (Fsp3) is 0.294. The summed E-state index contributed by atoms with van der Waals surface area (Å²) in [5.41, 5.74) is 3.31. The fourth-order valence-electron chi connectivity index (χ4n) is 2.91. The smallest absolute Gasteiger partial charge is 0.157 e. The van der Waals surface area contributed by atoms with Crippen LogP contribution in [0.15, 0.2) is 36.4 Å². The first-order chi connectivity index (χ1) is 10.7. The second-order valence-corrected chi connectivity index (χ2v) is 5.87. The maximum Gasteiger partial charge on any atom is 0.157 e. The van der Waals surface area contributed by atoms with E-state index < -0.39 is 0 Å². The normalized spacial score (nSPS) is 17.6. The largest absolute Gasteiger partial charge is 0.504 e. The average molecular weight is 317 g/mol. The Bertz CT molecular complexity index is 658. The zero-order valence-electron chi connectivity index (χ0n) is 12.4. The number of hydrogen-bond acceptors (Lipinski definition) is 5. The number of hydrogen-bond donors (Lipinski definition) is 3. The summed E-state index contributed by atoms with van der Waals surface area (Å²) in [5, 5.41) is 23.0. The van der Waals surface area contributed by atoms with Gasteiger partial charge in [0.15, 0.2) is 11.5 Å². The standard InChI is InChI=1S/C17H19NO3S/c1-22-21-13-4-2-11(3-5-13)15-10-18-7-6-12-8-16(19)17(20)9-14(12)15/h2-5,8-9,15,18-20H,6-7,10H2,1H3. The van der Waals surface area contributed by atoms with Crippen LogP contribution in [-0.2, 0) is 6.42 Å². The molecule has 3 rings (SSSR count). The molecule has 1 unspecified atom stereocenters. The molecule has 0 bridgehead atoms. The van der Waals surface area contributed by atoms with Gasteiger partial charge in [0.2, 0.25) is 0 Å². The lowest BCUT2D eigenvalue weighted by molar-refractivity contribution is 0.402. The highest BCUT2D eigenvalue weighted by molar-refractivity contribution is 7.94. The van der Waals surface area contributed by atoms with Gasteiger partial charge in [-0.25, -0.2) is 0 Å². The third-order valence-corrected chi connectivity index (χ3v) is 4.35. The number of phenolic OH excluding ortho intramolecular Hbond substituents is 2. The predicted molar refractivity (Wildman–Crippen MR) is 88.8 cm³/mol. The molecule has 1 aliphatic rings. The van der Waals surface area contributed by atoms with Crippen LogP contribution in [0.25, 0.3) is 0 Å². The molecule has 2 aromatic rings. The van der Waals surface area contributed by atoms with Crippen molar-refractivity contribution in [3.63, 3.8) is 0 Å². The molecule has 4 nitrogen and oxygen atoms in total. The molecule has 3 N–H and O–H groups in total. The molecular formula is C17H19NO3S. The maximum absolute atomic E-state index is 9.85. The van der Waals surface area contributed by atoms with E-state index in [9.17, 15) is 10.2 Å². The summed E-state index contributed by atoms with van der Waals surface area (Å²) in [4.78, 5) is 0. The molecule has 1 aliphatic heterocycles. The van der Waals surface area contributed by atoms with Crippen molar-refractivity contribution in [1.82, 2.24) is 5.32 Å². The van der Waals surface area contributed by atoms with E-state index in [1.165, 1.54) is 12.0 Å². The van der Waals surface area contributed by atoms with Gasteiger partial charge in [-0.3, -0.25) is 0 Å². The lowest BCUT2D eigenvalue weighted by Crippen LogP contribution is -2.20. The van der Waals surface area contributed by atoms with Crippen LogP contribution < -0.4 is 9.50 Å². The van der Waals surface area contributed by atoms with Gasteiger partial charge >= 0.3 is 0 Å². The third kappa shape index (κ3) is 3.00. The first-order valence-electron chi connectivity index (χ1n) is 7.25. The van der Waals surface area contributed by atoms with Gasteiger partial charge in [0.25, 0.3) is 0 Å². The summed E-state index contributed by atoms with van der Waals surface area (Å²) in [5.74, 6) is 0.857. The van der Waals surface area contributed by atoms with Crippen molar-refractivity contribution in [3.05, 3.63) is 53.1 Å². The highest BCUT2D eigenvalue weighted by Crippen LogP contribution is 2.36. The van der Waals surface area contributed by atoms with Crippen LogP contribution in [0, 0.1) is 0 Å². The summed E-state index contributed by atoms with van der Waals surface area (Å²) < 4.78 is 5.41. The van der Waals surface area contributed by atoms with Crippen molar-refractivity contribution in [1.29, 1.82) is 0 Å². The molecule has 5 heteroatoms. The Kier molecular flexibility index (Phi) is 4.45.